The summed E-state index contributed by atoms with van der Waals surface area (Å²) in [5.74, 6) is 1.86. The fourth-order valence-corrected chi connectivity index (χ4v) is 7.32. The summed E-state index contributed by atoms with van der Waals surface area (Å²) in [7, 11) is 0. The third-order valence-electron chi connectivity index (χ3n) is 8.49. The minimum absolute atomic E-state index is 0.124. The van der Waals surface area contributed by atoms with E-state index < -0.39 is 5.60 Å². The van der Waals surface area contributed by atoms with Gasteiger partial charge in [0.15, 0.2) is 0 Å². The van der Waals surface area contributed by atoms with Crippen LogP contribution in [0.15, 0.2) is 36.5 Å². The smallest absolute Gasteiger partial charge is 0.270 e. The Hall–Kier alpha value is -2.38. The van der Waals surface area contributed by atoms with Crippen molar-refractivity contribution in [3.05, 3.63) is 47.2 Å². The third-order valence-corrected chi connectivity index (χ3v) is 8.74. The van der Waals surface area contributed by atoms with Gasteiger partial charge in [-0.1, -0.05) is 11.6 Å². The molecular weight excluding hydrogens is 450 g/mol. The molecule has 1 aliphatic heterocycles. The lowest BCUT2D eigenvalue weighted by molar-refractivity contribution is -0.136. The molecular formula is C26H32ClN5O2. The van der Waals surface area contributed by atoms with Gasteiger partial charge in [0, 0.05) is 48.6 Å². The van der Waals surface area contributed by atoms with Crippen molar-refractivity contribution in [1.82, 2.24) is 15.3 Å². The van der Waals surface area contributed by atoms with Crippen LogP contribution < -0.4 is 15.1 Å². The normalized spacial score (nSPS) is 34.4. The minimum Gasteiger partial charge on any atom is -0.390 e. The molecule has 8 heteroatoms. The Morgan fingerprint density at radius 3 is 2.53 bits per heavy atom. The molecule has 2 heterocycles. The topological polar surface area (TPSA) is 81.6 Å². The Balaban J connectivity index is 1.13. The Labute approximate surface area is 205 Å². The SMILES string of the molecule is CC1CN(c2ccc(Cl)cc2)CCN1c1nccc(C(=O)NC2C3CC4CC2CC(O)(C4)C3)n1. The number of nitrogens with zero attached hydrogens (tertiary/aromatic N) is 4. The van der Waals surface area contributed by atoms with Gasteiger partial charge in [-0.05, 0) is 87.1 Å². The van der Waals surface area contributed by atoms with Crippen LogP contribution in [0.25, 0.3) is 0 Å². The number of halogens is 1. The van der Waals surface area contributed by atoms with Crippen LogP contribution in [-0.4, -0.2) is 58.3 Å². The molecule has 0 radical (unpaired) electrons. The number of hydrogen-bond acceptors (Lipinski definition) is 6. The van der Waals surface area contributed by atoms with Crippen molar-refractivity contribution in [2.45, 2.75) is 56.7 Å². The molecule has 2 aromatic rings. The predicted octanol–water partition coefficient (Wildman–Crippen LogP) is 3.51. The molecule has 1 amide bonds. The van der Waals surface area contributed by atoms with E-state index in [1.807, 2.05) is 12.1 Å². The maximum atomic E-state index is 13.2. The van der Waals surface area contributed by atoms with E-state index in [4.69, 9.17) is 11.6 Å². The second kappa shape index (κ2) is 8.38. The van der Waals surface area contributed by atoms with E-state index in [0.717, 1.165) is 62.4 Å². The van der Waals surface area contributed by atoms with Crippen LogP contribution >= 0.6 is 11.6 Å². The van der Waals surface area contributed by atoms with Crippen LogP contribution in [0.3, 0.4) is 0 Å². The van der Waals surface area contributed by atoms with Gasteiger partial charge in [0.2, 0.25) is 5.95 Å². The van der Waals surface area contributed by atoms with Crippen molar-refractivity contribution in [3.8, 4) is 0 Å². The monoisotopic (exact) mass is 481 g/mol. The van der Waals surface area contributed by atoms with Crippen molar-refractivity contribution in [2.75, 3.05) is 29.4 Å². The number of aliphatic hydroxyl groups is 1. The summed E-state index contributed by atoms with van der Waals surface area (Å²) < 4.78 is 0. The maximum absolute atomic E-state index is 13.2. The van der Waals surface area contributed by atoms with Gasteiger partial charge in [0.25, 0.3) is 5.91 Å². The van der Waals surface area contributed by atoms with Crippen molar-refractivity contribution in [2.24, 2.45) is 17.8 Å². The Morgan fingerprint density at radius 1 is 1.12 bits per heavy atom. The fourth-order valence-electron chi connectivity index (χ4n) is 7.20. The molecule has 34 heavy (non-hydrogen) atoms. The van der Waals surface area contributed by atoms with E-state index >= 15 is 0 Å². The first-order valence-electron chi connectivity index (χ1n) is 12.5. The summed E-state index contributed by atoms with van der Waals surface area (Å²) in [6.45, 7) is 4.64. The quantitative estimate of drug-likeness (QED) is 0.695. The number of piperazine rings is 1. The lowest BCUT2D eigenvalue weighted by Gasteiger charge is -2.58. The molecule has 3 atom stereocenters. The molecule has 7 nitrogen and oxygen atoms in total. The van der Waals surface area contributed by atoms with Gasteiger partial charge in [0.1, 0.15) is 5.69 Å². The maximum Gasteiger partial charge on any atom is 0.270 e. The van der Waals surface area contributed by atoms with Gasteiger partial charge in [-0.3, -0.25) is 4.79 Å². The first-order chi connectivity index (χ1) is 16.4. The van der Waals surface area contributed by atoms with Gasteiger partial charge in [-0.2, -0.15) is 0 Å². The highest BCUT2D eigenvalue weighted by Gasteiger charge is 2.55. The van der Waals surface area contributed by atoms with Gasteiger partial charge < -0.3 is 20.2 Å². The summed E-state index contributed by atoms with van der Waals surface area (Å²) in [5, 5.41) is 14.9. The second-order valence-corrected chi connectivity index (χ2v) is 11.3. The molecule has 1 aromatic carbocycles. The van der Waals surface area contributed by atoms with Crippen LogP contribution in [-0.2, 0) is 0 Å². The number of anilines is 2. The van der Waals surface area contributed by atoms with E-state index in [9.17, 15) is 9.90 Å². The zero-order chi connectivity index (χ0) is 23.4. The van der Waals surface area contributed by atoms with Crippen molar-refractivity contribution in [1.29, 1.82) is 0 Å². The molecule has 5 aliphatic rings. The highest BCUT2D eigenvalue weighted by molar-refractivity contribution is 6.30. The molecule has 4 saturated carbocycles. The number of carbonyl (C=O) groups excluding carboxylic acids is 1. The van der Waals surface area contributed by atoms with E-state index in [1.165, 1.54) is 0 Å². The summed E-state index contributed by atoms with van der Waals surface area (Å²) in [5.41, 5.74) is 1.08. The summed E-state index contributed by atoms with van der Waals surface area (Å²) in [6, 6.07) is 9.99. The number of aromatic nitrogens is 2. The number of rotatable bonds is 4. The van der Waals surface area contributed by atoms with Gasteiger partial charge in [-0.15, -0.1) is 0 Å². The molecule has 1 saturated heterocycles. The zero-order valence-corrected chi connectivity index (χ0v) is 20.3. The van der Waals surface area contributed by atoms with Crippen molar-refractivity contribution >= 4 is 29.1 Å². The molecule has 2 N–H and O–H groups in total. The summed E-state index contributed by atoms with van der Waals surface area (Å²) >= 11 is 6.04. The number of carbonyl (C=O) groups is 1. The lowest BCUT2D eigenvalue weighted by Crippen LogP contribution is -2.61. The van der Waals surface area contributed by atoms with Crippen LogP contribution in [0.2, 0.25) is 5.02 Å². The van der Waals surface area contributed by atoms with Crippen molar-refractivity contribution < 1.29 is 9.90 Å². The number of nitrogens with one attached hydrogen (secondary N) is 1. The number of benzene rings is 1. The minimum atomic E-state index is -0.496. The summed E-state index contributed by atoms with van der Waals surface area (Å²) in [4.78, 5) is 26.9. The molecule has 180 valence electrons. The first kappa shape index (κ1) is 22.1. The highest BCUT2D eigenvalue weighted by atomic mass is 35.5. The number of hydrogen-bond donors (Lipinski definition) is 2. The number of amides is 1. The second-order valence-electron chi connectivity index (χ2n) is 10.9. The van der Waals surface area contributed by atoms with Crippen molar-refractivity contribution in [3.63, 3.8) is 0 Å². The third kappa shape index (κ3) is 4.03. The van der Waals surface area contributed by atoms with Crippen LogP contribution in [0.5, 0.6) is 0 Å². The van der Waals surface area contributed by atoms with E-state index in [-0.39, 0.29) is 18.0 Å². The largest absolute Gasteiger partial charge is 0.390 e. The Kier molecular flexibility index (Phi) is 5.45. The molecule has 5 fully saturated rings. The summed E-state index contributed by atoms with van der Waals surface area (Å²) in [6.07, 6.45) is 6.50. The van der Waals surface area contributed by atoms with E-state index in [0.29, 0.717) is 29.4 Å². The van der Waals surface area contributed by atoms with Gasteiger partial charge in [0.05, 0.1) is 5.60 Å². The molecule has 0 spiro atoms. The van der Waals surface area contributed by atoms with E-state index in [2.05, 4.69) is 44.1 Å². The van der Waals surface area contributed by atoms with Crippen LogP contribution in [0.1, 0.15) is 49.5 Å². The molecule has 4 aliphatic carbocycles. The average molecular weight is 482 g/mol. The van der Waals surface area contributed by atoms with Gasteiger partial charge in [-0.25, -0.2) is 9.97 Å². The molecule has 1 aromatic heterocycles. The first-order valence-corrected chi connectivity index (χ1v) is 12.9. The standard InChI is InChI=1S/C26H32ClN5O2/c1-16-15-31(21-4-2-20(27)3-5-21)8-9-32(16)25-28-7-6-22(29-25)24(33)30-23-18-10-17-11-19(23)14-26(34,12-17)13-18/h2-7,16-19,23,34H,8-15H2,1H3,(H,30,33). The van der Waals surface area contributed by atoms with E-state index in [1.54, 1.807) is 12.3 Å². The molecule has 7 rings (SSSR count). The lowest BCUT2D eigenvalue weighted by atomic mass is 9.52. The predicted molar refractivity (Wildman–Crippen MR) is 132 cm³/mol. The van der Waals surface area contributed by atoms with Crippen LogP contribution in [0.4, 0.5) is 11.6 Å². The molecule has 4 bridgehead atoms. The highest BCUT2D eigenvalue weighted by Crippen LogP contribution is 2.55. The molecule has 3 unspecified atom stereocenters. The fraction of sp³-hybridized carbons (Fsp3) is 0.577. The van der Waals surface area contributed by atoms with Crippen LogP contribution in [0, 0.1) is 17.8 Å². The Bertz CT molecular complexity index is 1060. The Morgan fingerprint density at radius 2 is 1.85 bits per heavy atom. The zero-order valence-electron chi connectivity index (χ0n) is 19.5. The van der Waals surface area contributed by atoms with Gasteiger partial charge >= 0.3 is 0 Å². The average Bonchev–Trinajstić information content (AvgIpc) is 2.81.